The van der Waals surface area contributed by atoms with Gasteiger partial charge in [-0.1, -0.05) is 23.7 Å². The molecule has 0 bridgehead atoms. The summed E-state index contributed by atoms with van der Waals surface area (Å²) in [5.74, 6) is 0.670. The lowest BCUT2D eigenvalue weighted by Gasteiger charge is -2.37. The Morgan fingerprint density at radius 1 is 1.47 bits per heavy atom. The molecule has 0 amide bonds. The predicted octanol–water partition coefficient (Wildman–Crippen LogP) is 3.21. The molecule has 0 spiro atoms. The second kappa shape index (κ2) is 5.85. The Morgan fingerprint density at radius 3 is 2.88 bits per heavy atom. The Bertz CT molecular complexity index is 363. The number of benzene rings is 1. The minimum Gasteiger partial charge on any atom is -0.380 e. The van der Waals surface area contributed by atoms with Gasteiger partial charge in [-0.05, 0) is 43.4 Å². The van der Waals surface area contributed by atoms with Crippen molar-refractivity contribution in [3.63, 3.8) is 0 Å². The summed E-state index contributed by atoms with van der Waals surface area (Å²) >= 11 is 6.00. The van der Waals surface area contributed by atoms with Crippen LogP contribution in [0.15, 0.2) is 24.3 Å². The maximum Gasteiger partial charge on any atom is 0.0667 e. The molecule has 1 aliphatic rings. The predicted molar refractivity (Wildman–Crippen MR) is 71.7 cm³/mol. The van der Waals surface area contributed by atoms with Crippen molar-refractivity contribution in [3.8, 4) is 0 Å². The Kier molecular flexibility index (Phi) is 4.43. The largest absolute Gasteiger partial charge is 0.380 e. The van der Waals surface area contributed by atoms with E-state index in [0.717, 1.165) is 11.6 Å². The summed E-state index contributed by atoms with van der Waals surface area (Å²) in [5, 5.41) is 4.37. The van der Waals surface area contributed by atoms with Gasteiger partial charge in [0.2, 0.25) is 0 Å². The zero-order valence-electron chi connectivity index (χ0n) is 10.4. The molecule has 17 heavy (non-hydrogen) atoms. The number of hydrogen-bond acceptors (Lipinski definition) is 2. The maximum absolute atomic E-state index is 6.00. The fraction of sp³-hybridized carbons (Fsp3) is 0.571. The summed E-state index contributed by atoms with van der Waals surface area (Å²) in [5.41, 5.74) is 1.37. The highest BCUT2D eigenvalue weighted by atomic mass is 35.5. The molecule has 0 aromatic heterocycles. The van der Waals surface area contributed by atoms with Gasteiger partial charge < -0.3 is 10.1 Å². The smallest absolute Gasteiger partial charge is 0.0667 e. The molecule has 1 fully saturated rings. The van der Waals surface area contributed by atoms with E-state index in [-0.39, 0.29) is 0 Å². The normalized spacial score (nSPS) is 25.4. The van der Waals surface area contributed by atoms with Crippen LogP contribution in [-0.4, -0.2) is 25.8 Å². The van der Waals surface area contributed by atoms with Gasteiger partial charge in [-0.2, -0.15) is 0 Å². The molecular formula is C14H20ClNO. The molecule has 94 valence electrons. The molecule has 1 atom stereocenters. The van der Waals surface area contributed by atoms with Crippen LogP contribution >= 0.6 is 11.6 Å². The van der Waals surface area contributed by atoms with Crippen molar-refractivity contribution in [2.75, 3.05) is 13.7 Å². The van der Waals surface area contributed by atoms with Crippen LogP contribution in [0.25, 0.3) is 0 Å². The van der Waals surface area contributed by atoms with Gasteiger partial charge in [-0.15, -0.1) is 0 Å². The van der Waals surface area contributed by atoms with Gasteiger partial charge >= 0.3 is 0 Å². The van der Waals surface area contributed by atoms with E-state index in [9.17, 15) is 0 Å². The fourth-order valence-corrected chi connectivity index (χ4v) is 2.43. The third-order valence-corrected chi connectivity index (χ3v) is 3.79. The van der Waals surface area contributed by atoms with Gasteiger partial charge in [-0.3, -0.25) is 0 Å². The zero-order valence-corrected chi connectivity index (χ0v) is 11.2. The topological polar surface area (TPSA) is 21.3 Å². The molecule has 2 nitrogen and oxygen atoms in total. The number of methoxy groups -OCH3 is 1. The zero-order chi connectivity index (χ0) is 12.3. The Balaban J connectivity index is 1.75. The molecule has 1 N–H and O–H groups in total. The first-order valence-electron chi connectivity index (χ1n) is 6.20. The van der Waals surface area contributed by atoms with E-state index in [4.69, 9.17) is 16.3 Å². The molecule has 1 unspecified atom stereocenters. The lowest BCUT2D eigenvalue weighted by molar-refractivity contribution is 0.108. The van der Waals surface area contributed by atoms with Crippen LogP contribution in [0.3, 0.4) is 0 Å². The van der Waals surface area contributed by atoms with Gasteiger partial charge in [0.15, 0.2) is 0 Å². The van der Waals surface area contributed by atoms with Gasteiger partial charge in [0, 0.05) is 24.7 Å². The Morgan fingerprint density at radius 2 is 2.24 bits per heavy atom. The SMILES string of the molecule is COC(C)CNC1CC(c2cccc(Cl)c2)C1. The first-order chi connectivity index (χ1) is 8.19. The Hall–Kier alpha value is -0.570. The van der Waals surface area contributed by atoms with E-state index < -0.39 is 0 Å². The quantitative estimate of drug-likeness (QED) is 0.870. The standard InChI is InChI=1S/C14H20ClNO/c1-10(17-2)9-16-14-7-12(8-14)11-4-3-5-13(15)6-11/h3-6,10,12,14,16H,7-9H2,1-2H3. The molecule has 1 aromatic rings. The molecular weight excluding hydrogens is 234 g/mol. The molecule has 0 aliphatic heterocycles. The maximum atomic E-state index is 6.00. The summed E-state index contributed by atoms with van der Waals surface area (Å²) in [6.45, 7) is 3.02. The molecule has 1 aromatic carbocycles. The number of hydrogen-bond donors (Lipinski definition) is 1. The summed E-state index contributed by atoms with van der Waals surface area (Å²) in [4.78, 5) is 0. The molecule has 2 rings (SSSR count). The van der Waals surface area contributed by atoms with Crippen LogP contribution in [0.2, 0.25) is 5.02 Å². The number of nitrogens with one attached hydrogen (secondary N) is 1. The van der Waals surface area contributed by atoms with Crippen molar-refractivity contribution in [2.45, 2.75) is 37.8 Å². The molecule has 1 aliphatic carbocycles. The van der Waals surface area contributed by atoms with Crippen LogP contribution in [-0.2, 0) is 4.74 Å². The lowest BCUT2D eigenvalue weighted by atomic mass is 9.76. The first-order valence-corrected chi connectivity index (χ1v) is 6.58. The summed E-state index contributed by atoms with van der Waals surface area (Å²) < 4.78 is 5.22. The van der Waals surface area contributed by atoms with E-state index in [0.29, 0.717) is 18.1 Å². The van der Waals surface area contributed by atoms with Crippen LogP contribution in [0, 0.1) is 0 Å². The van der Waals surface area contributed by atoms with E-state index in [2.05, 4.69) is 24.4 Å². The Labute approximate surface area is 108 Å². The second-order valence-electron chi connectivity index (χ2n) is 4.87. The van der Waals surface area contributed by atoms with Crippen molar-refractivity contribution in [1.82, 2.24) is 5.32 Å². The van der Waals surface area contributed by atoms with Crippen molar-refractivity contribution in [2.24, 2.45) is 0 Å². The van der Waals surface area contributed by atoms with Crippen LogP contribution in [0.5, 0.6) is 0 Å². The van der Waals surface area contributed by atoms with E-state index in [1.807, 2.05) is 12.1 Å². The third kappa shape index (κ3) is 3.44. The minimum absolute atomic E-state index is 0.292. The highest BCUT2D eigenvalue weighted by Gasteiger charge is 2.30. The average molecular weight is 254 g/mol. The van der Waals surface area contributed by atoms with E-state index in [1.165, 1.54) is 18.4 Å². The van der Waals surface area contributed by atoms with Crippen LogP contribution in [0.4, 0.5) is 0 Å². The molecule has 3 heteroatoms. The highest BCUT2D eigenvalue weighted by molar-refractivity contribution is 6.30. The molecule has 0 radical (unpaired) electrons. The number of ether oxygens (including phenoxy) is 1. The van der Waals surface area contributed by atoms with E-state index in [1.54, 1.807) is 7.11 Å². The summed E-state index contributed by atoms with van der Waals surface area (Å²) in [7, 11) is 1.75. The monoisotopic (exact) mass is 253 g/mol. The fourth-order valence-electron chi connectivity index (χ4n) is 2.23. The average Bonchev–Trinajstić information content (AvgIpc) is 2.26. The van der Waals surface area contributed by atoms with Crippen molar-refractivity contribution in [1.29, 1.82) is 0 Å². The molecule has 0 saturated heterocycles. The van der Waals surface area contributed by atoms with Gasteiger partial charge in [0.25, 0.3) is 0 Å². The summed E-state index contributed by atoms with van der Waals surface area (Å²) in [6.07, 6.45) is 2.70. The van der Waals surface area contributed by atoms with Gasteiger partial charge in [-0.25, -0.2) is 0 Å². The number of halogens is 1. The van der Waals surface area contributed by atoms with Gasteiger partial charge in [0.05, 0.1) is 6.10 Å². The third-order valence-electron chi connectivity index (χ3n) is 3.55. The highest BCUT2D eigenvalue weighted by Crippen LogP contribution is 2.37. The van der Waals surface area contributed by atoms with Crippen molar-refractivity contribution >= 4 is 11.6 Å². The lowest BCUT2D eigenvalue weighted by Crippen LogP contribution is -2.43. The van der Waals surface area contributed by atoms with Crippen molar-refractivity contribution < 1.29 is 4.74 Å². The van der Waals surface area contributed by atoms with Gasteiger partial charge in [0.1, 0.15) is 0 Å². The van der Waals surface area contributed by atoms with E-state index >= 15 is 0 Å². The minimum atomic E-state index is 0.292. The summed E-state index contributed by atoms with van der Waals surface area (Å²) in [6, 6.07) is 8.85. The number of rotatable bonds is 5. The van der Waals surface area contributed by atoms with Crippen molar-refractivity contribution in [3.05, 3.63) is 34.9 Å². The first kappa shape index (κ1) is 12.9. The van der Waals surface area contributed by atoms with Crippen LogP contribution in [0.1, 0.15) is 31.2 Å². The second-order valence-corrected chi connectivity index (χ2v) is 5.31. The van der Waals surface area contributed by atoms with Crippen LogP contribution < -0.4 is 5.32 Å². The molecule has 0 heterocycles. The molecule has 1 saturated carbocycles.